The van der Waals surface area contributed by atoms with Crippen LogP contribution in [0.25, 0.3) is 11.1 Å². The number of aliphatic hydroxyl groups is 1. The van der Waals surface area contributed by atoms with Crippen molar-refractivity contribution in [3.05, 3.63) is 58.7 Å². The minimum Gasteiger partial charge on any atom is -0.504 e. The summed E-state index contributed by atoms with van der Waals surface area (Å²) in [7, 11) is 0. The van der Waals surface area contributed by atoms with Gasteiger partial charge in [-0.05, 0) is 36.4 Å². The van der Waals surface area contributed by atoms with Gasteiger partial charge in [0.05, 0.1) is 22.3 Å². The first kappa shape index (κ1) is 39.2. The highest BCUT2D eigenvalue weighted by molar-refractivity contribution is 6.09. The summed E-state index contributed by atoms with van der Waals surface area (Å²) in [4.78, 5) is 66.2. The number of carbonyl (C=O) groups is 5. The molecule has 13 N–H and O–H groups in total. The molecule has 0 aromatic heterocycles. The van der Waals surface area contributed by atoms with E-state index in [2.05, 4.69) is 0 Å². The van der Waals surface area contributed by atoms with E-state index in [1.165, 1.54) is 0 Å². The van der Waals surface area contributed by atoms with E-state index in [0.29, 0.717) is 36.4 Å². The Labute approximate surface area is 309 Å². The Bertz CT molecular complexity index is 2270. The highest BCUT2D eigenvalue weighted by Gasteiger charge is 2.45. The molecule has 4 atom stereocenters. The van der Waals surface area contributed by atoms with Crippen molar-refractivity contribution in [1.29, 1.82) is 0 Å². The third-order valence-electron chi connectivity index (χ3n) is 8.08. The average molecular weight is 787 g/mol. The topological polar surface area (TPSA) is 385 Å². The molecule has 294 valence electrons. The van der Waals surface area contributed by atoms with Crippen molar-refractivity contribution < 1.29 is 109 Å². The molecule has 5 rings (SSSR count). The van der Waals surface area contributed by atoms with E-state index in [-0.39, 0.29) is 6.29 Å². The van der Waals surface area contributed by atoms with E-state index in [4.69, 9.17) is 18.9 Å². The number of carbonyl (C=O) groups excluding carboxylic acids is 5. The lowest BCUT2D eigenvalue weighted by Crippen LogP contribution is -2.53. The van der Waals surface area contributed by atoms with E-state index in [1.54, 1.807) is 0 Å². The van der Waals surface area contributed by atoms with Gasteiger partial charge in [0.2, 0.25) is 11.5 Å². The van der Waals surface area contributed by atoms with Gasteiger partial charge in [0.25, 0.3) is 0 Å². The molecule has 0 saturated carbocycles. The molecule has 0 radical (unpaired) electrons. The van der Waals surface area contributed by atoms with Gasteiger partial charge in [-0.2, -0.15) is 0 Å². The highest BCUT2D eigenvalue weighted by atomic mass is 16.6. The third kappa shape index (κ3) is 7.04. The van der Waals surface area contributed by atoms with Gasteiger partial charge in [-0.3, -0.25) is 4.79 Å². The first-order valence-corrected chi connectivity index (χ1v) is 15.3. The SMILES string of the molecule is O=C[C@@H]1OC(=O)c2cc(O)c(O)c(O)c2-c2c(cc(O)c(O)c2O)C(=O)O[C@@H]1[C@H](OC(=O)c1cc(O)c(O)c(O)c1)[C@@H](O)COC(=O)c1cc(O)c(O)c(O)c1. The molecule has 0 spiro atoms. The molecule has 0 bridgehead atoms. The van der Waals surface area contributed by atoms with Crippen LogP contribution in [0, 0.1) is 0 Å². The fourth-order valence-electron chi connectivity index (χ4n) is 5.32. The lowest BCUT2D eigenvalue weighted by molar-refractivity contribution is -0.142. The molecule has 0 aliphatic carbocycles. The van der Waals surface area contributed by atoms with Gasteiger partial charge < -0.3 is 85.3 Å². The molecule has 0 fully saturated rings. The molecule has 1 heterocycles. The summed E-state index contributed by atoms with van der Waals surface area (Å²) >= 11 is 0. The Balaban J connectivity index is 1.65. The molecule has 0 amide bonds. The molecule has 22 heteroatoms. The molecule has 1 aliphatic heterocycles. The summed E-state index contributed by atoms with van der Waals surface area (Å²) in [6, 6.07) is 3.18. The van der Waals surface area contributed by atoms with Crippen LogP contribution in [0.4, 0.5) is 0 Å². The lowest BCUT2D eigenvalue weighted by Gasteiger charge is -2.33. The number of esters is 4. The van der Waals surface area contributed by atoms with Crippen molar-refractivity contribution in [3.8, 4) is 80.1 Å². The summed E-state index contributed by atoms with van der Waals surface area (Å²) in [5, 5.41) is 133. The molecule has 4 aromatic rings. The second-order valence-corrected chi connectivity index (χ2v) is 11.7. The van der Waals surface area contributed by atoms with Crippen LogP contribution in [0.2, 0.25) is 0 Å². The highest BCUT2D eigenvalue weighted by Crippen LogP contribution is 2.53. The molecule has 0 saturated heterocycles. The van der Waals surface area contributed by atoms with Crippen LogP contribution in [0.15, 0.2) is 36.4 Å². The van der Waals surface area contributed by atoms with Crippen molar-refractivity contribution in [3.63, 3.8) is 0 Å². The van der Waals surface area contributed by atoms with Crippen molar-refractivity contribution in [2.45, 2.75) is 24.4 Å². The fourth-order valence-corrected chi connectivity index (χ4v) is 5.32. The maximum Gasteiger partial charge on any atom is 0.339 e. The lowest BCUT2D eigenvalue weighted by atomic mass is 9.91. The second-order valence-electron chi connectivity index (χ2n) is 11.7. The smallest absolute Gasteiger partial charge is 0.339 e. The number of fused-ring (bicyclic) bond motifs is 3. The van der Waals surface area contributed by atoms with Crippen molar-refractivity contribution in [1.82, 2.24) is 0 Å². The van der Waals surface area contributed by atoms with Crippen molar-refractivity contribution in [2.75, 3.05) is 6.61 Å². The van der Waals surface area contributed by atoms with Crippen LogP contribution < -0.4 is 0 Å². The van der Waals surface area contributed by atoms with E-state index in [0.717, 1.165) is 0 Å². The Morgan fingerprint density at radius 1 is 0.589 bits per heavy atom. The zero-order chi connectivity index (χ0) is 41.5. The number of phenols is 12. The molecule has 1 aliphatic rings. The molecule has 0 unspecified atom stereocenters. The van der Waals surface area contributed by atoms with Gasteiger partial charge >= 0.3 is 23.9 Å². The van der Waals surface area contributed by atoms with Gasteiger partial charge in [-0.15, -0.1) is 0 Å². The number of ether oxygens (including phenoxy) is 4. The van der Waals surface area contributed by atoms with Crippen LogP contribution in [0.3, 0.4) is 0 Å². The zero-order valence-electron chi connectivity index (χ0n) is 27.5. The number of hydrogen-bond donors (Lipinski definition) is 13. The van der Waals surface area contributed by atoms with E-state index < -0.39 is 157 Å². The minimum absolute atomic E-state index is 0.246. The predicted octanol–water partition coefficient (Wildman–Crippen LogP) is 0.528. The second kappa shape index (κ2) is 14.8. The number of benzene rings is 4. The van der Waals surface area contributed by atoms with Crippen LogP contribution in [-0.2, 0) is 23.7 Å². The fraction of sp³-hybridized carbons (Fsp3) is 0.147. The number of aldehydes is 1. The number of cyclic esters (lactones) is 2. The van der Waals surface area contributed by atoms with Crippen LogP contribution in [0.5, 0.6) is 69.0 Å². The number of aliphatic hydroxyl groups excluding tert-OH is 1. The summed E-state index contributed by atoms with van der Waals surface area (Å²) in [6.07, 6.45) is -10.3. The molecule has 56 heavy (non-hydrogen) atoms. The summed E-state index contributed by atoms with van der Waals surface area (Å²) in [6.45, 7) is -1.31. The van der Waals surface area contributed by atoms with Gasteiger partial charge in [-0.1, -0.05) is 0 Å². The van der Waals surface area contributed by atoms with E-state index >= 15 is 0 Å². The summed E-state index contributed by atoms with van der Waals surface area (Å²) in [5.74, 6) is -20.9. The maximum absolute atomic E-state index is 13.9. The average Bonchev–Trinajstić information content (AvgIpc) is 3.15. The largest absolute Gasteiger partial charge is 0.504 e. The Hall–Kier alpha value is -8.01. The normalized spacial score (nSPS) is 16.2. The Kier molecular flexibility index (Phi) is 10.4. The van der Waals surface area contributed by atoms with Crippen molar-refractivity contribution >= 4 is 30.2 Å². The Morgan fingerprint density at radius 3 is 1.41 bits per heavy atom. The zero-order valence-corrected chi connectivity index (χ0v) is 27.5. The number of phenolic OH excluding ortho intramolecular Hbond substituents is 12. The van der Waals surface area contributed by atoms with E-state index in [1.807, 2.05) is 0 Å². The minimum atomic E-state index is -2.57. The number of hydrogen-bond acceptors (Lipinski definition) is 22. The quantitative estimate of drug-likeness (QED) is 0.0501. The first-order chi connectivity index (χ1) is 26.3. The van der Waals surface area contributed by atoms with Crippen LogP contribution in [-0.4, -0.2) is 128 Å². The van der Waals surface area contributed by atoms with Gasteiger partial charge in [0, 0.05) is 11.1 Å². The number of aromatic hydroxyl groups is 12. The van der Waals surface area contributed by atoms with Gasteiger partial charge in [-0.25, -0.2) is 19.2 Å². The first-order valence-electron chi connectivity index (χ1n) is 15.3. The molecule has 4 aromatic carbocycles. The van der Waals surface area contributed by atoms with Crippen LogP contribution >= 0.6 is 0 Å². The molecular weight excluding hydrogens is 760 g/mol. The maximum atomic E-state index is 13.9. The third-order valence-corrected chi connectivity index (χ3v) is 8.08. The van der Waals surface area contributed by atoms with Gasteiger partial charge in [0.15, 0.2) is 82.1 Å². The predicted molar refractivity (Wildman–Crippen MR) is 175 cm³/mol. The van der Waals surface area contributed by atoms with Crippen molar-refractivity contribution in [2.24, 2.45) is 0 Å². The standard InChI is InChI=1S/C34H26O22/c35-7-20-30(56-34(52)12-6-18(41)26(46)28(48)22(12)21-11(33(51)54-20)5-17(40)25(45)27(21)47)29(55-32(50)10-3-15(38)24(44)16(39)4-10)19(42)8-53-31(49)9-1-13(36)23(43)14(37)2-9/h1-7,19-20,29-30,36-48H,8H2/t19-,20-,29+,30-/m0/s1. The van der Waals surface area contributed by atoms with Crippen LogP contribution in [0.1, 0.15) is 41.4 Å². The van der Waals surface area contributed by atoms with E-state index in [9.17, 15) is 90.4 Å². The molecular formula is C34H26O22. The Morgan fingerprint density at radius 2 is 0.982 bits per heavy atom. The molecule has 22 nitrogen and oxygen atoms in total. The summed E-state index contributed by atoms with van der Waals surface area (Å²) < 4.78 is 20.7. The van der Waals surface area contributed by atoms with Gasteiger partial charge in [0.1, 0.15) is 12.7 Å². The summed E-state index contributed by atoms with van der Waals surface area (Å²) in [5.41, 5.74) is -5.61. The number of rotatable bonds is 8. The monoisotopic (exact) mass is 786 g/mol.